The van der Waals surface area contributed by atoms with Crippen molar-refractivity contribution in [1.29, 1.82) is 0 Å². The Morgan fingerprint density at radius 2 is 1.89 bits per heavy atom. The van der Waals surface area contributed by atoms with E-state index in [-0.39, 0.29) is 5.91 Å². The van der Waals surface area contributed by atoms with Crippen LogP contribution in [-0.2, 0) is 4.79 Å². The number of para-hydroxylation sites is 1. The largest absolute Gasteiger partial charge is 0.493 e. The molecule has 0 aliphatic rings. The van der Waals surface area contributed by atoms with Crippen LogP contribution in [0.15, 0.2) is 18.2 Å². The molecule has 0 fully saturated rings. The Balaban J connectivity index is 2.31. The third-order valence-corrected chi connectivity index (χ3v) is 2.82. The van der Waals surface area contributed by atoms with Crippen LogP contribution in [0.5, 0.6) is 5.75 Å². The van der Waals surface area contributed by atoms with Gasteiger partial charge in [-0.1, -0.05) is 18.2 Å². The molecule has 1 rings (SSSR count). The van der Waals surface area contributed by atoms with Crippen molar-refractivity contribution in [3.63, 3.8) is 0 Å². The average Bonchev–Trinajstić information content (AvgIpc) is 2.30. The summed E-state index contributed by atoms with van der Waals surface area (Å²) in [7, 11) is 0. The number of amides is 1. The van der Waals surface area contributed by atoms with Crippen LogP contribution in [0.4, 0.5) is 0 Å². The standard InChI is InChI=1S/C15H23NO3/c1-11-7-5-8-12(2)13(11)19-10-6-9-16-14(17)15(3,4)18/h5,7-8,18H,6,9-10H2,1-4H3,(H,16,17). The molecule has 0 spiro atoms. The second-order valence-corrected chi connectivity index (χ2v) is 5.24. The lowest BCUT2D eigenvalue weighted by molar-refractivity contribution is -0.136. The highest BCUT2D eigenvalue weighted by molar-refractivity contribution is 5.83. The second-order valence-electron chi connectivity index (χ2n) is 5.24. The predicted octanol–water partition coefficient (Wildman–Crippen LogP) is 1.96. The zero-order valence-electron chi connectivity index (χ0n) is 12.1. The number of carbonyl (C=O) groups is 1. The van der Waals surface area contributed by atoms with Crippen LogP contribution in [0.25, 0.3) is 0 Å². The van der Waals surface area contributed by atoms with Crippen molar-refractivity contribution in [2.45, 2.75) is 39.7 Å². The molecule has 0 bridgehead atoms. The first-order valence-electron chi connectivity index (χ1n) is 6.52. The Morgan fingerprint density at radius 3 is 2.42 bits per heavy atom. The molecule has 106 valence electrons. The molecule has 0 saturated carbocycles. The molecule has 1 aromatic carbocycles. The number of ether oxygens (including phenoxy) is 1. The molecule has 0 atom stereocenters. The zero-order chi connectivity index (χ0) is 14.5. The maximum absolute atomic E-state index is 11.4. The number of rotatable bonds is 6. The van der Waals surface area contributed by atoms with E-state index in [1.807, 2.05) is 32.0 Å². The Morgan fingerprint density at radius 1 is 1.32 bits per heavy atom. The summed E-state index contributed by atoms with van der Waals surface area (Å²) in [5.74, 6) is 0.552. The highest BCUT2D eigenvalue weighted by atomic mass is 16.5. The molecule has 0 radical (unpaired) electrons. The first-order chi connectivity index (χ1) is 8.82. The van der Waals surface area contributed by atoms with Gasteiger partial charge in [0.1, 0.15) is 11.4 Å². The van der Waals surface area contributed by atoms with Crippen molar-refractivity contribution < 1.29 is 14.6 Å². The van der Waals surface area contributed by atoms with Gasteiger partial charge >= 0.3 is 0 Å². The summed E-state index contributed by atoms with van der Waals surface area (Å²) in [6, 6.07) is 6.03. The van der Waals surface area contributed by atoms with Crippen LogP contribution < -0.4 is 10.1 Å². The Hall–Kier alpha value is -1.55. The van der Waals surface area contributed by atoms with Gasteiger partial charge in [-0.2, -0.15) is 0 Å². The SMILES string of the molecule is Cc1cccc(C)c1OCCCNC(=O)C(C)(C)O. The fraction of sp³-hybridized carbons (Fsp3) is 0.533. The van der Waals surface area contributed by atoms with Gasteiger partial charge in [-0.05, 0) is 45.2 Å². The summed E-state index contributed by atoms with van der Waals surface area (Å²) in [6.45, 7) is 7.99. The molecule has 0 unspecified atom stereocenters. The number of carbonyl (C=O) groups excluding carboxylic acids is 1. The zero-order valence-corrected chi connectivity index (χ0v) is 12.1. The van der Waals surface area contributed by atoms with Gasteiger partial charge in [-0.25, -0.2) is 0 Å². The van der Waals surface area contributed by atoms with Gasteiger partial charge in [0.15, 0.2) is 0 Å². The van der Waals surface area contributed by atoms with E-state index >= 15 is 0 Å². The van der Waals surface area contributed by atoms with Crippen molar-refractivity contribution in [3.8, 4) is 5.75 Å². The van der Waals surface area contributed by atoms with Gasteiger partial charge in [-0.3, -0.25) is 4.79 Å². The van der Waals surface area contributed by atoms with Gasteiger partial charge < -0.3 is 15.2 Å². The third-order valence-electron chi connectivity index (χ3n) is 2.82. The lowest BCUT2D eigenvalue weighted by atomic mass is 10.1. The van der Waals surface area contributed by atoms with Gasteiger partial charge in [0, 0.05) is 6.54 Å². The van der Waals surface area contributed by atoms with Crippen molar-refractivity contribution in [1.82, 2.24) is 5.32 Å². The highest BCUT2D eigenvalue weighted by Gasteiger charge is 2.22. The number of aryl methyl sites for hydroxylation is 2. The molecule has 19 heavy (non-hydrogen) atoms. The first-order valence-corrected chi connectivity index (χ1v) is 6.52. The molecule has 0 aliphatic carbocycles. The monoisotopic (exact) mass is 265 g/mol. The summed E-state index contributed by atoms with van der Waals surface area (Å²) in [5.41, 5.74) is 0.897. The number of aliphatic hydroxyl groups is 1. The molecule has 0 saturated heterocycles. The molecular formula is C15H23NO3. The molecule has 2 N–H and O–H groups in total. The summed E-state index contributed by atoms with van der Waals surface area (Å²) < 4.78 is 5.72. The van der Waals surface area contributed by atoms with E-state index in [1.54, 1.807) is 0 Å². The van der Waals surface area contributed by atoms with Crippen LogP contribution in [0.3, 0.4) is 0 Å². The number of benzene rings is 1. The smallest absolute Gasteiger partial charge is 0.251 e. The van der Waals surface area contributed by atoms with Crippen molar-refractivity contribution in [2.75, 3.05) is 13.2 Å². The molecule has 0 aromatic heterocycles. The first kappa shape index (κ1) is 15.5. The third kappa shape index (κ3) is 4.91. The lowest BCUT2D eigenvalue weighted by Gasteiger charge is -2.17. The predicted molar refractivity (Wildman–Crippen MR) is 75.3 cm³/mol. The summed E-state index contributed by atoms with van der Waals surface area (Å²) in [5, 5.41) is 12.1. The maximum atomic E-state index is 11.4. The molecule has 0 heterocycles. The van der Waals surface area contributed by atoms with E-state index in [0.717, 1.165) is 16.9 Å². The fourth-order valence-corrected chi connectivity index (χ4v) is 1.69. The van der Waals surface area contributed by atoms with Gasteiger partial charge in [-0.15, -0.1) is 0 Å². The topological polar surface area (TPSA) is 58.6 Å². The van der Waals surface area contributed by atoms with Crippen molar-refractivity contribution in [3.05, 3.63) is 29.3 Å². The summed E-state index contributed by atoms with van der Waals surface area (Å²) in [6.07, 6.45) is 0.704. The normalized spacial score (nSPS) is 11.2. The van der Waals surface area contributed by atoms with E-state index in [9.17, 15) is 9.90 Å². The van der Waals surface area contributed by atoms with Crippen LogP contribution in [0.2, 0.25) is 0 Å². The minimum absolute atomic E-state index is 0.362. The number of hydrogen-bond donors (Lipinski definition) is 2. The maximum Gasteiger partial charge on any atom is 0.251 e. The van der Waals surface area contributed by atoms with Crippen LogP contribution in [-0.4, -0.2) is 29.8 Å². The van der Waals surface area contributed by atoms with Crippen molar-refractivity contribution in [2.24, 2.45) is 0 Å². The summed E-state index contributed by atoms with van der Waals surface area (Å²) in [4.78, 5) is 11.4. The highest BCUT2D eigenvalue weighted by Crippen LogP contribution is 2.22. The van der Waals surface area contributed by atoms with E-state index in [0.29, 0.717) is 19.6 Å². The van der Waals surface area contributed by atoms with Crippen LogP contribution in [0.1, 0.15) is 31.4 Å². The van der Waals surface area contributed by atoms with Crippen molar-refractivity contribution >= 4 is 5.91 Å². The van der Waals surface area contributed by atoms with E-state index in [1.165, 1.54) is 13.8 Å². The number of nitrogens with one attached hydrogen (secondary N) is 1. The quantitative estimate of drug-likeness (QED) is 0.773. The lowest BCUT2D eigenvalue weighted by Crippen LogP contribution is -2.42. The average molecular weight is 265 g/mol. The van der Waals surface area contributed by atoms with E-state index in [2.05, 4.69) is 5.32 Å². The Kier molecular flexibility index (Phi) is 5.36. The minimum atomic E-state index is -1.33. The van der Waals surface area contributed by atoms with E-state index < -0.39 is 5.60 Å². The molecule has 4 nitrogen and oxygen atoms in total. The van der Waals surface area contributed by atoms with Gasteiger partial charge in [0.2, 0.25) is 0 Å². The fourth-order valence-electron chi connectivity index (χ4n) is 1.69. The molecule has 1 amide bonds. The molecule has 1 aromatic rings. The second kappa shape index (κ2) is 6.57. The Bertz CT molecular complexity index is 415. The Labute approximate surface area is 114 Å². The van der Waals surface area contributed by atoms with E-state index in [4.69, 9.17) is 4.74 Å². The van der Waals surface area contributed by atoms with Gasteiger partial charge in [0.25, 0.3) is 5.91 Å². The summed E-state index contributed by atoms with van der Waals surface area (Å²) >= 11 is 0. The molecular weight excluding hydrogens is 242 g/mol. The molecule has 4 heteroatoms. The number of hydrogen-bond acceptors (Lipinski definition) is 3. The van der Waals surface area contributed by atoms with Crippen LogP contribution >= 0.6 is 0 Å². The minimum Gasteiger partial charge on any atom is -0.493 e. The van der Waals surface area contributed by atoms with Gasteiger partial charge in [0.05, 0.1) is 6.61 Å². The van der Waals surface area contributed by atoms with Crippen LogP contribution in [0, 0.1) is 13.8 Å². The molecule has 0 aliphatic heterocycles.